The van der Waals surface area contributed by atoms with Gasteiger partial charge in [0.25, 0.3) is 0 Å². The second-order valence-electron chi connectivity index (χ2n) is 3.78. The first kappa shape index (κ1) is 12.3. The van der Waals surface area contributed by atoms with Crippen LogP contribution in [0.4, 0.5) is 0 Å². The Balaban J connectivity index is 2.48. The molecule has 0 aliphatic carbocycles. The highest BCUT2D eigenvalue weighted by Crippen LogP contribution is 2.16. The van der Waals surface area contributed by atoms with Gasteiger partial charge >= 0.3 is 5.97 Å². The highest BCUT2D eigenvalue weighted by atomic mass is 16.5. The minimum absolute atomic E-state index is 0.388. The van der Waals surface area contributed by atoms with E-state index in [0.717, 1.165) is 11.4 Å². The number of hydrogen-bond acceptors (Lipinski definition) is 4. The molecule has 0 aliphatic heterocycles. The van der Waals surface area contributed by atoms with Crippen molar-refractivity contribution in [2.75, 3.05) is 13.7 Å². The fourth-order valence-corrected chi connectivity index (χ4v) is 1.82. The molecule has 0 amide bonds. The summed E-state index contributed by atoms with van der Waals surface area (Å²) in [5, 5.41) is 4.23. The van der Waals surface area contributed by atoms with Gasteiger partial charge in [0.05, 0.1) is 24.7 Å². The maximum absolute atomic E-state index is 11.6. The van der Waals surface area contributed by atoms with Gasteiger partial charge in [-0.2, -0.15) is 5.10 Å². The zero-order chi connectivity index (χ0) is 13.0. The highest BCUT2D eigenvalue weighted by Gasteiger charge is 2.17. The average molecular weight is 245 g/mol. The summed E-state index contributed by atoms with van der Waals surface area (Å²) in [5.74, 6) is -0.388. The quantitative estimate of drug-likeness (QED) is 0.820. The molecular weight excluding hydrogens is 230 g/mol. The fourth-order valence-electron chi connectivity index (χ4n) is 1.82. The summed E-state index contributed by atoms with van der Waals surface area (Å²) in [7, 11) is 1.36. The van der Waals surface area contributed by atoms with Gasteiger partial charge in [0, 0.05) is 6.42 Å². The smallest absolute Gasteiger partial charge is 0.341 e. The third kappa shape index (κ3) is 2.26. The van der Waals surface area contributed by atoms with Crippen LogP contribution < -0.4 is 5.73 Å². The first-order valence-electron chi connectivity index (χ1n) is 5.68. The predicted octanol–water partition coefficient (Wildman–Crippen LogP) is 1.16. The van der Waals surface area contributed by atoms with Gasteiger partial charge in [-0.05, 0) is 18.7 Å². The van der Waals surface area contributed by atoms with Crippen molar-refractivity contribution >= 4 is 5.97 Å². The second-order valence-corrected chi connectivity index (χ2v) is 3.78. The fraction of sp³-hybridized carbons (Fsp3) is 0.231. The molecule has 0 atom stereocenters. The molecule has 0 radical (unpaired) electrons. The van der Waals surface area contributed by atoms with E-state index in [2.05, 4.69) is 5.10 Å². The maximum Gasteiger partial charge on any atom is 0.341 e. The number of rotatable bonds is 4. The molecule has 5 heteroatoms. The van der Waals surface area contributed by atoms with Gasteiger partial charge in [-0.15, -0.1) is 0 Å². The van der Waals surface area contributed by atoms with Crippen molar-refractivity contribution in [2.24, 2.45) is 5.73 Å². The van der Waals surface area contributed by atoms with Gasteiger partial charge in [-0.3, -0.25) is 0 Å². The van der Waals surface area contributed by atoms with Gasteiger partial charge in [0.1, 0.15) is 5.56 Å². The standard InChI is InChI=1S/C13H15N3O2/c1-18-13(17)11-9-15-16(12(11)7-8-14)10-5-3-2-4-6-10/h2-6,9H,7-8,14H2,1H3. The van der Waals surface area contributed by atoms with Crippen molar-refractivity contribution in [3.63, 3.8) is 0 Å². The number of hydrogen-bond donors (Lipinski definition) is 1. The summed E-state index contributed by atoms with van der Waals surface area (Å²) >= 11 is 0. The van der Waals surface area contributed by atoms with E-state index in [1.807, 2.05) is 30.3 Å². The Morgan fingerprint density at radius 2 is 2.11 bits per heavy atom. The van der Waals surface area contributed by atoms with Crippen molar-refractivity contribution in [1.29, 1.82) is 0 Å². The Morgan fingerprint density at radius 3 is 2.72 bits per heavy atom. The van der Waals surface area contributed by atoms with Crippen LogP contribution in [0.25, 0.3) is 5.69 Å². The van der Waals surface area contributed by atoms with E-state index in [-0.39, 0.29) is 5.97 Å². The van der Waals surface area contributed by atoms with Crippen LogP contribution in [0.5, 0.6) is 0 Å². The van der Waals surface area contributed by atoms with E-state index in [4.69, 9.17) is 10.5 Å². The molecule has 0 spiro atoms. The first-order valence-corrected chi connectivity index (χ1v) is 5.68. The lowest BCUT2D eigenvalue weighted by Gasteiger charge is -2.07. The summed E-state index contributed by atoms with van der Waals surface area (Å²) in [5.41, 5.74) is 7.72. The summed E-state index contributed by atoms with van der Waals surface area (Å²) in [6.45, 7) is 0.447. The molecule has 18 heavy (non-hydrogen) atoms. The molecule has 0 aliphatic rings. The zero-order valence-corrected chi connectivity index (χ0v) is 10.2. The summed E-state index contributed by atoms with van der Waals surface area (Å²) in [4.78, 5) is 11.6. The summed E-state index contributed by atoms with van der Waals surface area (Å²) in [6, 6.07) is 9.61. The molecule has 2 aromatic rings. The topological polar surface area (TPSA) is 70.1 Å². The van der Waals surface area contributed by atoms with Crippen molar-refractivity contribution < 1.29 is 9.53 Å². The van der Waals surface area contributed by atoms with E-state index in [1.54, 1.807) is 4.68 Å². The van der Waals surface area contributed by atoms with Crippen molar-refractivity contribution in [2.45, 2.75) is 6.42 Å². The average Bonchev–Trinajstić information content (AvgIpc) is 2.83. The van der Waals surface area contributed by atoms with Crippen LogP contribution in [0, 0.1) is 0 Å². The van der Waals surface area contributed by atoms with E-state index >= 15 is 0 Å². The number of para-hydroxylation sites is 1. The highest BCUT2D eigenvalue weighted by molar-refractivity contribution is 5.90. The van der Waals surface area contributed by atoms with Gasteiger partial charge in [-0.25, -0.2) is 9.48 Å². The Morgan fingerprint density at radius 1 is 1.39 bits per heavy atom. The minimum atomic E-state index is -0.388. The van der Waals surface area contributed by atoms with Crippen LogP contribution in [0.3, 0.4) is 0 Å². The lowest BCUT2D eigenvalue weighted by Crippen LogP contribution is -2.13. The van der Waals surface area contributed by atoms with E-state index in [9.17, 15) is 4.79 Å². The summed E-state index contributed by atoms with van der Waals surface area (Å²) < 4.78 is 6.46. The van der Waals surface area contributed by atoms with E-state index in [1.165, 1.54) is 13.3 Å². The SMILES string of the molecule is COC(=O)c1cnn(-c2ccccc2)c1CCN. The molecule has 94 valence electrons. The first-order chi connectivity index (χ1) is 8.77. The predicted molar refractivity (Wildman–Crippen MR) is 67.7 cm³/mol. The zero-order valence-electron chi connectivity index (χ0n) is 10.2. The maximum atomic E-state index is 11.6. The number of carbonyl (C=O) groups is 1. The Labute approximate surface area is 105 Å². The number of aromatic nitrogens is 2. The van der Waals surface area contributed by atoms with Crippen molar-refractivity contribution in [1.82, 2.24) is 9.78 Å². The molecule has 0 fully saturated rings. The van der Waals surface area contributed by atoms with Crippen molar-refractivity contribution in [3.8, 4) is 5.69 Å². The normalized spacial score (nSPS) is 10.3. The van der Waals surface area contributed by atoms with Gasteiger partial charge in [0.15, 0.2) is 0 Å². The minimum Gasteiger partial charge on any atom is -0.465 e. The number of nitrogens with zero attached hydrogens (tertiary/aromatic N) is 2. The van der Waals surface area contributed by atoms with Crippen molar-refractivity contribution in [3.05, 3.63) is 47.8 Å². The molecule has 0 bridgehead atoms. The number of nitrogens with two attached hydrogens (primary N) is 1. The molecule has 2 rings (SSSR count). The molecule has 0 saturated heterocycles. The Hall–Kier alpha value is -2.14. The van der Waals surface area contributed by atoms with E-state index in [0.29, 0.717) is 18.5 Å². The van der Waals surface area contributed by atoms with Crippen LogP contribution >= 0.6 is 0 Å². The molecule has 0 saturated carbocycles. The van der Waals surface area contributed by atoms with Gasteiger partial charge in [-0.1, -0.05) is 18.2 Å². The molecule has 1 aromatic heterocycles. The number of benzene rings is 1. The molecule has 1 aromatic carbocycles. The molecule has 2 N–H and O–H groups in total. The lowest BCUT2D eigenvalue weighted by molar-refractivity contribution is 0.0599. The lowest BCUT2D eigenvalue weighted by atomic mass is 10.2. The van der Waals surface area contributed by atoms with Crippen LogP contribution in [0.1, 0.15) is 16.1 Å². The van der Waals surface area contributed by atoms with Gasteiger partial charge < -0.3 is 10.5 Å². The number of methoxy groups -OCH3 is 1. The number of esters is 1. The largest absolute Gasteiger partial charge is 0.465 e. The molecule has 1 heterocycles. The second kappa shape index (κ2) is 5.46. The van der Waals surface area contributed by atoms with Gasteiger partial charge in [0.2, 0.25) is 0 Å². The van der Waals surface area contributed by atoms with Crippen LogP contribution in [0.15, 0.2) is 36.5 Å². The van der Waals surface area contributed by atoms with Crippen LogP contribution in [-0.4, -0.2) is 29.4 Å². The Bertz CT molecular complexity index is 534. The monoisotopic (exact) mass is 245 g/mol. The number of ether oxygens (including phenoxy) is 1. The molecular formula is C13H15N3O2. The van der Waals surface area contributed by atoms with Crippen LogP contribution in [0.2, 0.25) is 0 Å². The molecule has 0 unspecified atom stereocenters. The third-order valence-corrected chi connectivity index (χ3v) is 2.66. The third-order valence-electron chi connectivity index (χ3n) is 2.66. The Kier molecular flexibility index (Phi) is 3.74. The van der Waals surface area contributed by atoms with E-state index < -0.39 is 0 Å². The number of carbonyl (C=O) groups excluding carboxylic acids is 1. The summed E-state index contributed by atoms with van der Waals surface area (Å²) in [6.07, 6.45) is 2.09. The molecule has 5 nitrogen and oxygen atoms in total. The van der Waals surface area contributed by atoms with Crippen LogP contribution in [-0.2, 0) is 11.2 Å².